The zero-order valence-corrected chi connectivity index (χ0v) is 6.84. The predicted molar refractivity (Wildman–Crippen MR) is 40.4 cm³/mol. The highest BCUT2D eigenvalue weighted by molar-refractivity contribution is 5.61. The molecule has 0 aromatic carbocycles. The number of hydrogen-bond acceptors (Lipinski definition) is 3. The average molecular weight is 158 g/mol. The van der Waals surface area contributed by atoms with Crippen LogP contribution in [0.4, 0.5) is 0 Å². The molecule has 0 N–H and O–H groups in total. The van der Waals surface area contributed by atoms with E-state index in [1.807, 2.05) is 6.92 Å². The fourth-order valence-electron chi connectivity index (χ4n) is 0.969. The maximum Gasteiger partial charge on any atom is 0.133 e. The third kappa shape index (κ3) is 2.01. The highest BCUT2D eigenvalue weighted by atomic mass is 16.5. The van der Waals surface area contributed by atoms with Crippen LogP contribution in [0.1, 0.15) is 13.3 Å². The molecule has 1 saturated heterocycles. The molecule has 0 amide bonds. The molecule has 11 heavy (non-hydrogen) atoms. The van der Waals surface area contributed by atoms with Crippen molar-refractivity contribution in [1.82, 2.24) is 0 Å². The number of rotatable bonds is 5. The van der Waals surface area contributed by atoms with E-state index in [2.05, 4.69) is 0 Å². The van der Waals surface area contributed by atoms with E-state index in [1.165, 1.54) is 0 Å². The van der Waals surface area contributed by atoms with E-state index < -0.39 is 0 Å². The van der Waals surface area contributed by atoms with E-state index in [0.717, 1.165) is 19.3 Å². The minimum absolute atomic E-state index is 0.310. The lowest BCUT2D eigenvalue weighted by Crippen LogP contribution is -2.47. The maximum absolute atomic E-state index is 10.5. The fraction of sp³-hybridized carbons (Fsp3) is 0.875. The first-order valence-electron chi connectivity index (χ1n) is 3.95. The lowest BCUT2D eigenvalue weighted by atomic mass is 9.89. The van der Waals surface area contributed by atoms with Gasteiger partial charge in [0.05, 0.1) is 25.2 Å². The summed E-state index contributed by atoms with van der Waals surface area (Å²) in [6.07, 6.45) is 1.95. The second-order valence-corrected chi connectivity index (χ2v) is 3.03. The quantitative estimate of drug-likeness (QED) is 0.435. The van der Waals surface area contributed by atoms with Gasteiger partial charge in [0.15, 0.2) is 0 Å². The molecule has 0 bridgehead atoms. The van der Waals surface area contributed by atoms with E-state index in [4.69, 9.17) is 9.47 Å². The van der Waals surface area contributed by atoms with Crippen molar-refractivity contribution < 1.29 is 14.3 Å². The van der Waals surface area contributed by atoms with Crippen LogP contribution in [0.2, 0.25) is 0 Å². The molecule has 0 radical (unpaired) electrons. The smallest absolute Gasteiger partial charge is 0.133 e. The van der Waals surface area contributed by atoms with Gasteiger partial charge < -0.3 is 14.3 Å². The molecule has 64 valence electrons. The van der Waals surface area contributed by atoms with Gasteiger partial charge in [-0.2, -0.15) is 0 Å². The molecule has 1 heterocycles. The molecule has 0 saturated carbocycles. The Morgan fingerprint density at radius 2 is 2.36 bits per heavy atom. The first-order chi connectivity index (χ1) is 5.33. The van der Waals surface area contributed by atoms with Gasteiger partial charge in [-0.05, 0) is 6.42 Å². The van der Waals surface area contributed by atoms with Gasteiger partial charge in [-0.25, -0.2) is 0 Å². The van der Waals surface area contributed by atoms with Crippen LogP contribution >= 0.6 is 0 Å². The van der Waals surface area contributed by atoms with E-state index in [-0.39, 0.29) is 5.41 Å². The summed E-state index contributed by atoms with van der Waals surface area (Å²) in [4.78, 5) is 10.5. The average Bonchev–Trinajstić information content (AvgIpc) is 1.95. The summed E-state index contributed by atoms with van der Waals surface area (Å²) in [6, 6.07) is 0. The Balaban J connectivity index is 2.16. The SMILES string of the molecule is CCCOCC1(C=O)COC1. The molecule has 0 atom stereocenters. The van der Waals surface area contributed by atoms with Crippen molar-refractivity contribution in [3.8, 4) is 0 Å². The highest BCUT2D eigenvalue weighted by Crippen LogP contribution is 2.24. The standard InChI is InChI=1S/C8H14O3/c1-2-3-10-5-8(4-9)6-11-7-8/h4H,2-3,5-7H2,1H3. The van der Waals surface area contributed by atoms with Crippen LogP contribution in [0.5, 0.6) is 0 Å². The van der Waals surface area contributed by atoms with Gasteiger partial charge in [-0.15, -0.1) is 0 Å². The Labute approximate surface area is 66.7 Å². The Kier molecular flexibility index (Phi) is 3.02. The Bertz CT molecular complexity index is 129. The van der Waals surface area contributed by atoms with Crippen molar-refractivity contribution in [1.29, 1.82) is 0 Å². The van der Waals surface area contributed by atoms with Crippen molar-refractivity contribution >= 4 is 6.29 Å². The van der Waals surface area contributed by atoms with Crippen LogP contribution < -0.4 is 0 Å². The minimum atomic E-state index is -0.310. The van der Waals surface area contributed by atoms with Crippen LogP contribution in [-0.4, -0.2) is 32.7 Å². The fourth-order valence-corrected chi connectivity index (χ4v) is 0.969. The van der Waals surface area contributed by atoms with Gasteiger partial charge >= 0.3 is 0 Å². The number of hydrogen-bond donors (Lipinski definition) is 0. The van der Waals surface area contributed by atoms with E-state index >= 15 is 0 Å². The normalized spacial score (nSPS) is 20.8. The van der Waals surface area contributed by atoms with Gasteiger partial charge in [0.25, 0.3) is 0 Å². The third-order valence-electron chi connectivity index (χ3n) is 1.77. The summed E-state index contributed by atoms with van der Waals surface area (Å²) in [5.74, 6) is 0. The van der Waals surface area contributed by atoms with Crippen molar-refractivity contribution in [2.75, 3.05) is 26.4 Å². The number of aldehydes is 1. The molecule has 0 spiro atoms. The largest absolute Gasteiger partial charge is 0.380 e. The third-order valence-corrected chi connectivity index (χ3v) is 1.77. The molecule has 1 aliphatic heterocycles. The molecular formula is C8H14O3. The monoisotopic (exact) mass is 158 g/mol. The molecule has 1 aliphatic rings. The lowest BCUT2D eigenvalue weighted by molar-refractivity contribution is -0.160. The first kappa shape index (κ1) is 8.68. The first-order valence-corrected chi connectivity index (χ1v) is 3.95. The van der Waals surface area contributed by atoms with Crippen molar-refractivity contribution in [2.24, 2.45) is 5.41 Å². The van der Waals surface area contributed by atoms with Gasteiger partial charge in [0.1, 0.15) is 6.29 Å². The summed E-state index contributed by atoms with van der Waals surface area (Å²) in [5.41, 5.74) is -0.310. The summed E-state index contributed by atoms with van der Waals surface area (Å²) < 4.78 is 10.2. The molecule has 0 aliphatic carbocycles. The van der Waals surface area contributed by atoms with Crippen molar-refractivity contribution in [3.63, 3.8) is 0 Å². The van der Waals surface area contributed by atoms with Crippen LogP contribution in [0.25, 0.3) is 0 Å². The minimum Gasteiger partial charge on any atom is -0.380 e. The van der Waals surface area contributed by atoms with Gasteiger partial charge in [0.2, 0.25) is 0 Å². The van der Waals surface area contributed by atoms with Crippen LogP contribution in [-0.2, 0) is 14.3 Å². The molecule has 0 aromatic rings. The number of carbonyl (C=O) groups is 1. The molecule has 3 nitrogen and oxygen atoms in total. The van der Waals surface area contributed by atoms with Gasteiger partial charge in [-0.3, -0.25) is 0 Å². The summed E-state index contributed by atoms with van der Waals surface area (Å²) in [7, 11) is 0. The van der Waals surface area contributed by atoms with Gasteiger partial charge in [-0.1, -0.05) is 6.92 Å². The lowest BCUT2D eigenvalue weighted by Gasteiger charge is -2.35. The maximum atomic E-state index is 10.5. The molecule has 3 heteroatoms. The summed E-state index contributed by atoms with van der Waals surface area (Å²) in [6.45, 7) is 4.35. The van der Waals surface area contributed by atoms with E-state index in [9.17, 15) is 4.79 Å². The number of carbonyl (C=O) groups excluding carboxylic acids is 1. The van der Waals surface area contributed by atoms with Crippen LogP contribution in [0.15, 0.2) is 0 Å². The van der Waals surface area contributed by atoms with Crippen molar-refractivity contribution in [2.45, 2.75) is 13.3 Å². The second-order valence-electron chi connectivity index (χ2n) is 3.03. The molecule has 0 aromatic heterocycles. The summed E-state index contributed by atoms with van der Waals surface area (Å²) >= 11 is 0. The second kappa shape index (κ2) is 3.83. The van der Waals surface area contributed by atoms with Gasteiger partial charge in [0, 0.05) is 6.61 Å². The molecule has 0 unspecified atom stereocenters. The van der Waals surface area contributed by atoms with Crippen LogP contribution in [0, 0.1) is 5.41 Å². The van der Waals surface area contributed by atoms with Crippen LogP contribution in [0.3, 0.4) is 0 Å². The predicted octanol–water partition coefficient (Wildman–Crippen LogP) is 0.629. The highest BCUT2D eigenvalue weighted by Gasteiger charge is 2.38. The van der Waals surface area contributed by atoms with Crippen molar-refractivity contribution in [3.05, 3.63) is 0 Å². The molecule has 1 fully saturated rings. The zero-order valence-electron chi connectivity index (χ0n) is 6.84. The molecular weight excluding hydrogens is 144 g/mol. The Morgan fingerprint density at radius 3 is 2.73 bits per heavy atom. The number of ether oxygens (including phenoxy) is 2. The van der Waals surface area contributed by atoms with E-state index in [1.54, 1.807) is 0 Å². The summed E-state index contributed by atoms with van der Waals surface area (Å²) in [5, 5.41) is 0. The Morgan fingerprint density at radius 1 is 1.64 bits per heavy atom. The molecule has 1 rings (SSSR count). The Hall–Kier alpha value is -0.410. The van der Waals surface area contributed by atoms with E-state index in [0.29, 0.717) is 19.8 Å². The topological polar surface area (TPSA) is 35.5 Å². The zero-order chi connectivity index (χ0) is 8.16.